The summed E-state index contributed by atoms with van der Waals surface area (Å²) in [6, 6.07) is 7.93. The van der Waals surface area contributed by atoms with Crippen LogP contribution in [-0.2, 0) is 6.67 Å². The quantitative estimate of drug-likeness (QED) is 0.716. The van der Waals surface area contributed by atoms with Gasteiger partial charge < -0.3 is 10.0 Å². The van der Waals surface area contributed by atoms with Gasteiger partial charge in [-0.2, -0.15) is 4.98 Å². The topological polar surface area (TPSA) is 58.3 Å². The molecule has 1 unspecified atom stereocenters. The van der Waals surface area contributed by atoms with Crippen molar-refractivity contribution in [3.63, 3.8) is 0 Å². The SMILES string of the molecule is O[C@@H]1CCC[NH+](Cn2[nH]c(-c3ccccc3Br)nc2=S)C1. The Labute approximate surface area is 136 Å². The van der Waals surface area contributed by atoms with Crippen molar-refractivity contribution in [1.82, 2.24) is 14.8 Å². The van der Waals surface area contributed by atoms with Crippen molar-refractivity contribution in [2.45, 2.75) is 25.6 Å². The van der Waals surface area contributed by atoms with E-state index in [-0.39, 0.29) is 6.10 Å². The van der Waals surface area contributed by atoms with Gasteiger partial charge >= 0.3 is 0 Å². The Hall–Kier alpha value is -1.02. The smallest absolute Gasteiger partial charge is 0.221 e. The van der Waals surface area contributed by atoms with Gasteiger partial charge in [0.15, 0.2) is 12.5 Å². The van der Waals surface area contributed by atoms with Gasteiger partial charge in [0.25, 0.3) is 0 Å². The molecule has 112 valence electrons. The number of aromatic nitrogens is 3. The summed E-state index contributed by atoms with van der Waals surface area (Å²) >= 11 is 8.88. The summed E-state index contributed by atoms with van der Waals surface area (Å²) in [5.74, 6) is 0.768. The summed E-state index contributed by atoms with van der Waals surface area (Å²) in [4.78, 5) is 5.77. The highest BCUT2D eigenvalue weighted by Crippen LogP contribution is 2.24. The van der Waals surface area contributed by atoms with Crippen LogP contribution in [0.2, 0.25) is 0 Å². The molecule has 0 bridgehead atoms. The van der Waals surface area contributed by atoms with E-state index in [1.807, 2.05) is 28.9 Å². The van der Waals surface area contributed by atoms with Crippen molar-refractivity contribution in [2.75, 3.05) is 13.1 Å². The normalized spacial score (nSPS) is 22.4. The number of benzene rings is 1. The Kier molecular flexibility index (Phi) is 4.54. The van der Waals surface area contributed by atoms with E-state index in [1.54, 1.807) is 0 Å². The van der Waals surface area contributed by atoms with Crippen molar-refractivity contribution in [2.24, 2.45) is 0 Å². The number of likely N-dealkylation sites (tertiary alicyclic amines) is 1. The second kappa shape index (κ2) is 6.39. The number of halogens is 1. The molecule has 0 radical (unpaired) electrons. The molecule has 1 fully saturated rings. The van der Waals surface area contributed by atoms with E-state index in [1.165, 1.54) is 4.90 Å². The molecular weight excluding hydrogens is 352 g/mol. The maximum absolute atomic E-state index is 9.76. The predicted octanol–water partition coefficient (Wildman–Crippen LogP) is 1.37. The number of H-pyrrole nitrogens is 1. The summed E-state index contributed by atoms with van der Waals surface area (Å²) in [7, 11) is 0. The van der Waals surface area contributed by atoms with E-state index >= 15 is 0 Å². The van der Waals surface area contributed by atoms with Gasteiger partial charge in [-0.1, -0.05) is 34.1 Å². The summed E-state index contributed by atoms with van der Waals surface area (Å²) in [5.41, 5.74) is 0.996. The molecule has 1 saturated heterocycles. The molecule has 0 amide bonds. The Balaban J connectivity index is 1.82. The van der Waals surface area contributed by atoms with Crippen LogP contribution in [0.5, 0.6) is 0 Å². The molecule has 5 nitrogen and oxygen atoms in total. The van der Waals surface area contributed by atoms with Crippen molar-refractivity contribution < 1.29 is 10.0 Å². The number of piperidine rings is 1. The molecule has 2 aromatic rings. The summed E-state index contributed by atoms with van der Waals surface area (Å²) in [6.07, 6.45) is 1.75. The third-order valence-corrected chi connectivity index (χ3v) is 4.79. The fraction of sp³-hybridized carbons (Fsp3) is 0.429. The van der Waals surface area contributed by atoms with Gasteiger partial charge in [-0.15, -0.1) is 0 Å². The monoisotopic (exact) mass is 369 g/mol. The molecule has 0 aliphatic carbocycles. The number of quaternary nitrogens is 1. The van der Waals surface area contributed by atoms with Crippen LogP contribution in [0, 0.1) is 4.77 Å². The first-order valence-corrected chi connectivity index (χ1v) is 8.27. The average molecular weight is 370 g/mol. The number of aliphatic hydroxyl groups is 1. The molecule has 0 spiro atoms. The molecule has 0 saturated carbocycles. The Morgan fingerprint density at radius 1 is 1.48 bits per heavy atom. The Morgan fingerprint density at radius 2 is 2.29 bits per heavy atom. The minimum absolute atomic E-state index is 0.200. The van der Waals surface area contributed by atoms with E-state index in [4.69, 9.17) is 12.2 Å². The van der Waals surface area contributed by atoms with Crippen LogP contribution < -0.4 is 4.90 Å². The summed E-state index contributed by atoms with van der Waals surface area (Å²) in [5, 5.41) is 13.0. The number of hydrogen-bond acceptors (Lipinski definition) is 3. The lowest BCUT2D eigenvalue weighted by Gasteiger charge is -2.26. The zero-order valence-electron chi connectivity index (χ0n) is 11.6. The lowest BCUT2D eigenvalue weighted by Crippen LogP contribution is -3.13. The van der Waals surface area contributed by atoms with E-state index < -0.39 is 0 Å². The zero-order chi connectivity index (χ0) is 14.8. The number of aliphatic hydroxyl groups excluding tert-OH is 1. The van der Waals surface area contributed by atoms with Crippen molar-refractivity contribution >= 4 is 28.1 Å². The zero-order valence-corrected chi connectivity index (χ0v) is 14.0. The molecule has 2 atom stereocenters. The molecule has 7 heteroatoms. The molecule has 1 aliphatic heterocycles. The van der Waals surface area contributed by atoms with Gasteiger partial charge in [0, 0.05) is 10.0 Å². The Bertz CT molecular complexity index is 684. The highest BCUT2D eigenvalue weighted by atomic mass is 79.9. The van der Waals surface area contributed by atoms with Gasteiger partial charge in [-0.05, 0) is 31.1 Å². The fourth-order valence-electron chi connectivity index (χ4n) is 2.73. The largest absolute Gasteiger partial charge is 0.387 e. The minimum Gasteiger partial charge on any atom is -0.387 e. The van der Waals surface area contributed by atoms with Crippen LogP contribution in [0.25, 0.3) is 11.4 Å². The highest BCUT2D eigenvalue weighted by molar-refractivity contribution is 9.10. The molecule has 1 aromatic heterocycles. The predicted molar refractivity (Wildman–Crippen MR) is 86.5 cm³/mol. The van der Waals surface area contributed by atoms with Crippen molar-refractivity contribution in [1.29, 1.82) is 0 Å². The Morgan fingerprint density at radius 3 is 3.05 bits per heavy atom. The maximum Gasteiger partial charge on any atom is 0.221 e. The van der Waals surface area contributed by atoms with Gasteiger partial charge in [0.1, 0.15) is 12.6 Å². The molecule has 2 heterocycles. The summed E-state index contributed by atoms with van der Waals surface area (Å²) in [6.45, 7) is 2.54. The molecule has 21 heavy (non-hydrogen) atoms. The molecule has 1 aliphatic rings. The maximum atomic E-state index is 9.76. The second-order valence-electron chi connectivity index (χ2n) is 5.42. The van der Waals surface area contributed by atoms with Crippen LogP contribution in [0.4, 0.5) is 0 Å². The van der Waals surface area contributed by atoms with Crippen LogP contribution >= 0.6 is 28.1 Å². The molecule has 3 N–H and O–H groups in total. The van der Waals surface area contributed by atoms with Crippen LogP contribution in [0.15, 0.2) is 28.7 Å². The number of rotatable bonds is 3. The number of hydrogen-bond donors (Lipinski definition) is 3. The minimum atomic E-state index is -0.200. The van der Waals surface area contributed by atoms with E-state index in [9.17, 15) is 5.11 Å². The first kappa shape index (κ1) is 14.9. The van der Waals surface area contributed by atoms with Gasteiger partial charge in [0.2, 0.25) is 4.77 Å². The lowest BCUT2D eigenvalue weighted by atomic mass is 10.1. The molecule has 3 rings (SSSR count). The number of nitrogens with one attached hydrogen (secondary N) is 2. The number of aromatic amines is 1. The van der Waals surface area contributed by atoms with Crippen LogP contribution in [0.1, 0.15) is 12.8 Å². The summed E-state index contributed by atoms with van der Waals surface area (Å²) < 4.78 is 3.42. The van der Waals surface area contributed by atoms with E-state index in [0.29, 0.717) is 11.4 Å². The first-order chi connectivity index (χ1) is 10.1. The third-order valence-electron chi connectivity index (χ3n) is 3.78. The fourth-order valence-corrected chi connectivity index (χ4v) is 3.40. The molecular formula is C14H18BrN4OS+. The van der Waals surface area contributed by atoms with Crippen molar-refractivity contribution in [3.8, 4) is 11.4 Å². The average Bonchev–Trinajstić information content (AvgIpc) is 2.80. The number of nitrogens with zero attached hydrogens (tertiary/aromatic N) is 2. The van der Waals surface area contributed by atoms with E-state index in [0.717, 1.165) is 41.8 Å². The lowest BCUT2D eigenvalue weighted by molar-refractivity contribution is -0.931. The highest BCUT2D eigenvalue weighted by Gasteiger charge is 2.21. The standard InChI is InChI=1S/C14H17BrN4OS/c15-12-6-2-1-5-11(12)13-16-14(21)19(17-13)9-18-7-3-4-10(20)8-18/h1-2,5-6,10,20H,3-4,7-9H2,(H,16,17,21)/p+1/t10-/m1/s1. The van der Waals surface area contributed by atoms with Crippen molar-refractivity contribution in [3.05, 3.63) is 33.5 Å². The van der Waals surface area contributed by atoms with E-state index in [2.05, 4.69) is 26.0 Å². The second-order valence-corrected chi connectivity index (χ2v) is 6.64. The van der Waals surface area contributed by atoms with Gasteiger partial charge in [-0.3, -0.25) is 5.10 Å². The molecule has 1 aromatic carbocycles. The van der Waals surface area contributed by atoms with Gasteiger partial charge in [-0.25, -0.2) is 4.68 Å². The first-order valence-electron chi connectivity index (χ1n) is 7.07. The third kappa shape index (κ3) is 3.42. The van der Waals surface area contributed by atoms with Crippen LogP contribution in [0.3, 0.4) is 0 Å². The van der Waals surface area contributed by atoms with Gasteiger partial charge in [0.05, 0.1) is 6.54 Å². The van der Waals surface area contributed by atoms with Crippen LogP contribution in [-0.4, -0.2) is 39.1 Å².